The fourth-order valence-electron chi connectivity index (χ4n) is 1.93. The summed E-state index contributed by atoms with van der Waals surface area (Å²) < 4.78 is 1.76. The molecule has 0 aliphatic carbocycles. The van der Waals surface area contributed by atoms with Crippen LogP contribution in [-0.4, -0.2) is 15.5 Å². The Morgan fingerprint density at radius 3 is 2.72 bits per heavy atom. The first-order valence-corrected chi connectivity index (χ1v) is 6.32. The molecule has 1 heterocycles. The summed E-state index contributed by atoms with van der Waals surface area (Å²) >= 11 is 11.8. The van der Waals surface area contributed by atoms with Gasteiger partial charge in [0.15, 0.2) is 0 Å². The lowest BCUT2D eigenvalue weighted by Gasteiger charge is -2.25. The minimum absolute atomic E-state index is 0.197. The van der Waals surface area contributed by atoms with Crippen molar-refractivity contribution >= 4 is 40.1 Å². The second kappa shape index (κ2) is 4.44. The van der Waals surface area contributed by atoms with Crippen LogP contribution in [0.4, 0.5) is 0 Å². The third-order valence-electron chi connectivity index (χ3n) is 2.97. The second-order valence-electron chi connectivity index (χ2n) is 4.55. The Labute approximate surface area is 115 Å². The Hall–Kier alpha value is -1.26. The highest BCUT2D eigenvalue weighted by atomic mass is 35.5. The number of nitrogens with two attached hydrogens (primary N) is 1. The number of rotatable bonds is 3. The van der Waals surface area contributed by atoms with E-state index in [9.17, 15) is 4.79 Å². The zero-order chi connectivity index (χ0) is 13.5. The average Bonchev–Trinajstić information content (AvgIpc) is 2.66. The van der Waals surface area contributed by atoms with E-state index in [4.69, 9.17) is 28.9 Å². The number of carbonyl (C=O) groups excluding carboxylic acids is 1. The standard InChI is InChI=1S/C12H13Cl2N3O/c1-12(2,11(15)18)17-9-4-3-7(14)5-8(9)16-10(17)6-13/h3-5H,6H2,1-2H3,(H2,15,18). The van der Waals surface area contributed by atoms with Gasteiger partial charge in [0.2, 0.25) is 5.91 Å². The van der Waals surface area contributed by atoms with Crippen LogP contribution >= 0.6 is 23.2 Å². The van der Waals surface area contributed by atoms with Crippen LogP contribution in [-0.2, 0) is 16.2 Å². The number of aromatic nitrogens is 2. The van der Waals surface area contributed by atoms with Gasteiger partial charge in [-0.15, -0.1) is 11.6 Å². The van der Waals surface area contributed by atoms with E-state index >= 15 is 0 Å². The van der Waals surface area contributed by atoms with Crippen LogP contribution in [0.2, 0.25) is 5.02 Å². The fourth-order valence-corrected chi connectivity index (χ4v) is 2.27. The Morgan fingerprint density at radius 2 is 2.17 bits per heavy atom. The predicted octanol–water partition coefficient (Wildman–Crippen LogP) is 2.65. The Bertz CT molecular complexity index is 619. The first-order valence-electron chi connectivity index (χ1n) is 5.41. The van der Waals surface area contributed by atoms with E-state index in [0.29, 0.717) is 16.4 Å². The molecule has 0 radical (unpaired) electrons. The van der Waals surface area contributed by atoms with Crippen LogP contribution < -0.4 is 5.73 Å². The maximum absolute atomic E-state index is 11.6. The number of nitrogens with zero attached hydrogens (tertiary/aromatic N) is 2. The van der Waals surface area contributed by atoms with Gasteiger partial charge in [0, 0.05) is 5.02 Å². The van der Waals surface area contributed by atoms with Crippen LogP contribution in [0.25, 0.3) is 11.0 Å². The molecule has 0 saturated carbocycles. The molecule has 0 atom stereocenters. The number of hydrogen-bond acceptors (Lipinski definition) is 2. The van der Waals surface area contributed by atoms with E-state index in [1.165, 1.54) is 0 Å². The number of carbonyl (C=O) groups is 1. The van der Waals surface area contributed by atoms with Gasteiger partial charge in [0.1, 0.15) is 11.4 Å². The van der Waals surface area contributed by atoms with Crippen LogP contribution in [0.15, 0.2) is 18.2 Å². The summed E-state index contributed by atoms with van der Waals surface area (Å²) in [6.45, 7) is 3.47. The summed E-state index contributed by atoms with van der Waals surface area (Å²) in [4.78, 5) is 16.0. The van der Waals surface area contributed by atoms with Crippen LogP contribution in [0.3, 0.4) is 0 Å². The number of imidazole rings is 1. The number of halogens is 2. The molecule has 2 N–H and O–H groups in total. The molecule has 4 nitrogen and oxygen atoms in total. The molecule has 0 aliphatic heterocycles. The SMILES string of the molecule is CC(C)(C(N)=O)n1c(CCl)nc2cc(Cl)ccc21. The highest BCUT2D eigenvalue weighted by Gasteiger charge is 2.31. The third-order valence-corrected chi connectivity index (χ3v) is 3.44. The molecule has 0 aliphatic rings. The Morgan fingerprint density at radius 1 is 1.50 bits per heavy atom. The summed E-state index contributed by atoms with van der Waals surface area (Å²) in [6.07, 6.45) is 0. The van der Waals surface area contributed by atoms with Gasteiger partial charge in [-0.25, -0.2) is 4.98 Å². The number of alkyl halides is 1. The predicted molar refractivity (Wildman–Crippen MR) is 72.8 cm³/mol. The zero-order valence-electron chi connectivity index (χ0n) is 10.1. The van der Waals surface area contributed by atoms with Gasteiger partial charge in [0.25, 0.3) is 0 Å². The minimum atomic E-state index is -0.896. The summed E-state index contributed by atoms with van der Waals surface area (Å²) in [5.74, 6) is 0.351. The van der Waals surface area contributed by atoms with Crippen molar-refractivity contribution in [2.45, 2.75) is 25.3 Å². The maximum Gasteiger partial charge on any atom is 0.243 e. The molecule has 1 aromatic heterocycles. The quantitative estimate of drug-likeness (QED) is 0.882. The van der Waals surface area contributed by atoms with Gasteiger partial charge in [-0.2, -0.15) is 0 Å². The number of hydrogen-bond donors (Lipinski definition) is 1. The number of amides is 1. The monoisotopic (exact) mass is 285 g/mol. The van der Waals surface area contributed by atoms with Crippen LogP contribution in [0, 0.1) is 0 Å². The van der Waals surface area contributed by atoms with Gasteiger partial charge in [-0.1, -0.05) is 11.6 Å². The molecule has 0 saturated heterocycles. The van der Waals surface area contributed by atoms with Crippen molar-refractivity contribution in [3.05, 3.63) is 29.0 Å². The van der Waals surface area contributed by atoms with Crippen molar-refractivity contribution in [2.24, 2.45) is 5.73 Å². The van der Waals surface area contributed by atoms with E-state index in [0.717, 1.165) is 5.52 Å². The van der Waals surface area contributed by atoms with E-state index in [2.05, 4.69) is 4.98 Å². The average molecular weight is 286 g/mol. The Balaban J connectivity index is 2.79. The molecule has 2 aromatic rings. The number of fused-ring (bicyclic) bond motifs is 1. The largest absolute Gasteiger partial charge is 0.368 e. The highest BCUT2D eigenvalue weighted by molar-refractivity contribution is 6.31. The number of primary amides is 1. The van der Waals surface area contributed by atoms with Crippen LogP contribution in [0.5, 0.6) is 0 Å². The van der Waals surface area contributed by atoms with E-state index in [-0.39, 0.29) is 5.88 Å². The first-order chi connectivity index (χ1) is 8.37. The molecule has 0 bridgehead atoms. The fraction of sp³-hybridized carbons (Fsp3) is 0.333. The molecular formula is C12H13Cl2N3O. The smallest absolute Gasteiger partial charge is 0.243 e. The van der Waals surface area contributed by atoms with Crippen molar-refractivity contribution in [3.63, 3.8) is 0 Å². The van der Waals surface area contributed by atoms with E-state index < -0.39 is 11.4 Å². The molecule has 6 heteroatoms. The molecule has 0 spiro atoms. The molecule has 18 heavy (non-hydrogen) atoms. The highest BCUT2D eigenvalue weighted by Crippen LogP contribution is 2.28. The molecule has 2 rings (SSSR count). The van der Waals surface area contributed by atoms with Gasteiger partial charge in [-0.3, -0.25) is 4.79 Å². The normalized spacial score (nSPS) is 12.0. The van der Waals surface area contributed by atoms with Crippen molar-refractivity contribution in [3.8, 4) is 0 Å². The first kappa shape index (κ1) is 13.2. The number of benzene rings is 1. The van der Waals surface area contributed by atoms with Gasteiger partial charge >= 0.3 is 0 Å². The summed E-state index contributed by atoms with van der Waals surface area (Å²) in [5, 5.41) is 0.588. The molecule has 1 amide bonds. The summed E-state index contributed by atoms with van der Waals surface area (Å²) in [6, 6.07) is 5.29. The Kier molecular flexibility index (Phi) is 3.25. The van der Waals surface area contributed by atoms with Gasteiger partial charge in [0.05, 0.1) is 16.9 Å². The van der Waals surface area contributed by atoms with E-state index in [1.54, 1.807) is 30.5 Å². The lowest BCUT2D eigenvalue weighted by atomic mass is 10.0. The lowest BCUT2D eigenvalue weighted by Crippen LogP contribution is -2.41. The van der Waals surface area contributed by atoms with Gasteiger partial charge < -0.3 is 10.3 Å². The van der Waals surface area contributed by atoms with Crippen LogP contribution in [0.1, 0.15) is 19.7 Å². The van der Waals surface area contributed by atoms with Crippen molar-refractivity contribution in [1.82, 2.24) is 9.55 Å². The lowest BCUT2D eigenvalue weighted by molar-refractivity contribution is -0.125. The zero-order valence-corrected chi connectivity index (χ0v) is 11.6. The van der Waals surface area contributed by atoms with Crippen molar-refractivity contribution in [2.75, 3.05) is 0 Å². The van der Waals surface area contributed by atoms with Gasteiger partial charge in [-0.05, 0) is 32.0 Å². The molecule has 1 aromatic carbocycles. The molecule has 0 fully saturated rings. The molecular weight excluding hydrogens is 273 g/mol. The summed E-state index contributed by atoms with van der Waals surface area (Å²) in [7, 11) is 0. The minimum Gasteiger partial charge on any atom is -0.368 e. The topological polar surface area (TPSA) is 60.9 Å². The van der Waals surface area contributed by atoms with Crippen molar-refractivity contribution in [1.29, 1.82) is 0 Å². The second-order valence-corrected chi connectivity index (χ2v) is 5.26. The molecule has 0 unspecified atom stereocenters. The van der Waals surface area contributed by atoms with E-state index in [1.807, 2.05) is 6.07 Å². The van der Waals surface area contributed by atoms with Crippen molar-refractivity contribution < 1.29 is 4.79 Å². The molecule has 96 valence electrons. The third kappa shape index (κ3) is 1.95. The summed E-state index contributed by atoms with van der Waals surface area (Å²) in [5.41, 5.74) is 6.05. The maximum atomic E-state index is 11.6.